The summed E-state index contributed by atoms with van der Waals surface area (Å²) in [5.74, 6) is 1.39. The van der Waals surface area contributed by atoms with Crippen LogP contribution >= 0.6 is 11.8 Å². The zero-order chi connectivity index (χ0) is 3.98. The molecule has 0 aliphatic carbocycles. The molecular weight excluding hydrogens is 94.1 g/mol. The summed E-state index contributed by atoms with van der Waals surface area (Å²) >= 11 is 2.06. The van der Waals surface area contributed by atoms with Crippen LogP contribution in [-0.2, 0) is 0 Å². The minimum atomic E-state index is 0.880. The Morgan fingerprint density at radius 3 is 2.83 bits per heavy atom. The van der Waals surface area contributed by atoms with Crippen LogP contribution in [0.15, 0.2) is 0 Å². The van der Waals surface area contributed by atoms with E-state index >= 15 is 0 Å². The summed E-state index contributed by atoms with van der Waals surface area (Å²) in [6.45, 7) is 0. The first-order valence-electron chi connectivity index (χ1n) is 2.34. The van der Waals surface area contributed by atoms with Gasteiger partial charge in [0, 0.05) is 6.04 Å². The van der Waals surface area contributed by atoms with Gasteiger partial charge in [-0.1, -0.05) is 0 Å². The van der Waals surface area contributed by atoms with E-state index in [-0.39, 0.29) is 0 Å². The summed E-state index contributed by atoms with van der Waals surface area (Å²) in [7, 11) is 0. The fraction of sp³-hybridized carbons (Fsp3) is 1.00. The Kier molecular flexibility index (Phi) is 0.515. The maximum Gasteiger partial charge on any atom is 0.0691 e. The highest BCUT2D eigenvalue weighted by Crippen LogP contribution is 2.34. The maximum absolute atomic E-state index is 3.33. The molecule has 6 heavy (non-hydrogen) atoms. The van der Waals surface area contributed by atoms with Crippen LogP contribution in [0, 0.1) is 0 Å². The van der Waals surface area contributed by atoms with Crippen molar-refractivity contribution < 1.29 is 0 Å². The van der Waals surface area contributed by atoms with Crippen molar-refractivity contribution in [1.82, 2.24) is 5.32 Å². The van der Waals surface area contributed by atoms with Crippen molar-refractivity contribution in [3.05, 3.63) is 0 Å². The number of nitrogens with one attached hydrogen (secondary N) is 1. The van der Waals surface area contributed by atoms with Crippen molar-refractivity contribution in [2.75, 3.05) is 5.75 Å². The van der Waals surface area contributed by atoms with Gasteiger partial charge in [0.2, 0.25) is 0 Å². The number of hydrogen-bond donors (Lipinski definition) is 1. The van der Waals surface area contributed by atoms with Crippen LogP contribution in [-0.4, -0.2) is 17.2 Å². The smallest absolute Gasteiger partial charge is 0.0691 e. The second-order valence-corrected chi connectivity index (χ2v) is 3.10. The van der Waals surface area contributed by atoms with Crippen molar-refractivity contribution >= 4 is 11.8 Å². The zero-order valence-corrected chi connectivity index (χ0v) is 4.29. The maximum atomic E-state index is 3.33. The lowest BCUT2D eigenvalue weighted by atomic mass is 10.4. The predicted octanol–water partition coefficient (Wildman–Crippen LogP) is 0.421. The zero-order valence-electron chi connectivity index (χ0n) is 3.48. The van der Waals surface area contributed by atoms with Gasteiger partial charge < -0.3 is 0 Å². The molecule has 0 amide bonds. The van der Waals surface area contributed by atoms with Gasteiger partial charge >= 0.3 is 0 Å². The monoisotopic (exact) mass is 101 g/mol. The Bertz CT molecular complexity index is 65.9. The SMILES string of the molecule is C1CC2NC2S1. The second-order valence-electron chi connectivity index (χ2n) is 1.85. The molecule has 2 aliphatic heterocycles. The molecule has 0 aromatic heterocycles. The van der Waals surface area contributed by atoms with Gasteiger partial charge in [-0.15, -0.1) is 11.8 Å². The van der Waals surface area contributed by atoms with Gasteiger partial charge in [0.25, 0.3) is 0 Å². The number of rotatable bonds is 0. The van der Waals surface area contributed by atoms with Crippen molar-refractivity contribution in [3.8, 4) is 0 Å². The minimum absolute atomic E-state index is 0.880. The lowest BCUT2D eigenvalue weighted by Crippen LogP contribution is -1.89. The van der Waals surface area contributed by atoms with E-state index in [1.165, 1.54) is 12.2 Å². The van der Waals surface area contributed by atoms with Crippen molar-refractivity contribution in [2.45, 2.75) is 17.8 Å². The molecule has 2 heteroatoms. The fourth-order valence-electron chi connectivity index (χ4n) is 0.876. The fourth-order valence-corrected chi connectivity index (χ4v) is 2.16. The highest BCUT2D eigenvalue weighted by atomic mass is 32.2. The molecule has 0 bridgehead atoms. The third kappa shape index (κ3) is 0.312. The Hall–Kier alpha value is 0.310. The van der Waals surface area contributed by atoms with Gasteiger partial charge in [0.15, 0.2) is 0 Å². The van der Waals surface area contributed by atoms with E-state index in [0.717, 1.165) is 11.4 Å². The molecule has 1 nitrogen and oxygen atoms in total. The molecule has 2 atom stereocenters. The first kappa shape index (κ1) is 3.33. The van der Waals surface area contributed by atoms with Crippen LogP contribution in [0.4, 0.5) is 0 Å². The van der Waals surface area contributed by atoms with Gasteiger partial charge in [0.05, 0.1) is 5.37 Å². The third-order valence-corrected chi connectivity index (χ3v) is 2.66. The van der Waals surface area contributed by atoms with E-state index in [2.05, 4.69) is 17.1 Å². The first-order valence-corrected chi connectivity index (χ1v) is 3.39. The van der Waals surface area contributed by atoms with E-state index in [9.17, 15) is 0 Å². The second kappa shape index (κ2) is 0.928. The Morgan fingerprint density at radius 1 is 1.67 bits per heavy atom. The van der Waals surface area contributed by atoms with E-state index in [1.54, 1.807) is 0 Å². The van der Waals surface area contributed by atoms with E-state index in [0.29, 0.717) is 0 Å². The Morgan fingerprint density at radius 2 is 2.67 bits per heavy atom. The van der Waals surface area contributed by atoms with Crippen molar-refractivity contribution in [1.29, 1.82) is 0 Å². The van der Waals surface area contributed by atoms with Gasteiger partial charge in [-0.25, -0.2) is 0 Å². The first-order chi connectivity index (χ1) is 2.97. The molecule has 0 radical (unpaired) electrons. The normalized spacial score (nSPS) is 52.0. The molecular formula is C4H7NS. The van der Waals surface area contributed by atoms with E-state index in [4.69, 9.17) is 0 Å². The Balaban J connectivity index is 2.09. The summed E-state index contributed by atoms with van der Waals surface area (Å²) in [6, 6.07) is 0.926. The Labute approximate surface area is 41.5 Å². The average Bonchev–Trinajstić information content (AvgIpc) is 2.17. The molecule has 2 heterocycles. The number of hydrogen-bond acceptors (Lipinski definition) is 2. The summed E-state index contributed by atoms with van der Waals surface area (Å²) in [6.07, 6.45) is 1.41. The average molecular weight is 101 g/mol. The molecule has 2 rings (SSSR count). The molecule has 34 valence electrons. The molecule has 0 aromatic carbocycles. The predicted molar refractivity (Wildman–Crippen MR) is 27.8 cm³/mol. The van der Waals surface area contributed by atoms with Crippen molar-refractivity contribution in [3.63, 3.8) is 0 Å². The van der Waals surface area contributed by atoms with Crippen LogP contribution in [0.2, 0.25) is 0 Å². The lowest BCUT2D eigenvalue weighted by molar-refractivity contribution is 0.916. The van der Waals surface area contributed by atoms with Gasteiger partial charge in [-0.2, -0.15) is 0 Å². The van der Waals surface area contributed by atoms with Crippen LogP contribution in [0.5, 0.6) is 0 Å². The largest absolute Gasteiger partial charge is 0.299 e. The number of fused-ring (bicyclic) bond motifs is 1. The summed E-state index contributed by atoms with van der Waals surface area (Å²) < 4.78 is 0. The molecule has 0 aromatic rings. The van der Waals surface area contributed by atoms with Crippen LogP contribution in [0.3, 0.4) is 0 Å². The summed E-state index contributed by atoms with van der Waals surface area (Å²) in [5.41, 5.74) is 0. The lowest BCUT2D eigenvalue weighted by Gasteiger charge is -1.82. The quantitative estimate of drug-likeness (QED) is 0.447. The highest BCUT2D eigenvalue weighted by molar-refractivity contribution is 8.00. The molecule has 0 saturated carbocycles. The molecule has 2 fully saturated rings. The van der Waals surface area contributed by atoms with Crippen molar-refractivity contribution in [2.24, 2.45) is 0 Å². The van der Waals surface area contributed by atoms with Crippen LogP contribution in [0.1, 0.15) is 6.42 Å². The molecule has 2 saturated heterocycles. The number of thioether (sulfide) groups is 1. The minimum Gasteiger partial charge on any atom is -0.299 e. The molecule has 1 N–H and O–H groups in total. The molecule has 0 spiro atoms. The standard InChI is InChI=1S/C4H7NS/c1-2-6-4-3(1)5-4/h3-5H,1-2H2. The highest BCUT2D eigenvalue weighted by Gasteiger charge is 2.40. The van der Waals surface area contributed by atoms with Crippen LogP contribution in [0.25, 0.3) is 0 Å². The third-order valence-electron chi connectivity index (χ3n) is 1.36. The van der Waals surface area contributed by atoms with Gasteiger partial charge in [-0.05, 0) is 12.2 Å². The molecule has 2 unspecified atom stereocenters. The van der Waals surface area contributed by atoms with Crippen LogP contribution < -0.4 is 5.32 Å². The van der Waals surface area contributed by atoms with E-state index in [1.807, 2.05) is 0 Å². The van der Waals surface area contributed by atoms with E-state index < -0.39 is 0 Å². The molecule has 2 aliphatic rings. The topological polar surface area (TPSA) is 21.9 Å². The van der Waals surface area contributed by atoms with Gasteiger partial charge in [-0.3, -0.25) is 5.32 Å². The summed E-state index contributed by atoms with van der Waals surface area (Å²) in [4.78, 5) is 0. The summed E-state index contributed by atoms with van der Waals surface area (Å²) in [5, 5.41) is 4.21. The van der Waals surface area contributed by atoms with Gasteiger partial charge in [0.1, 0.15) is 0 Å².